The first-order chi connectivity index (χ1) is 13.3. The first-order valence-electron chi connectivity index (χ1n) is 8.42. The highest BCUT2D eigenvalue weighted by molar-refractivity contribution is 6.31. The highest BCUT2D eigenvalue weighted by Gasteiger charge is 2.21. The van der Waals surface area contributed by atoms with E-state index >= 15 is 0 Å². The van der Waals surface area contributed by atoms with Crippen LogP contribution in [0.5, 0.6) is 0 Å². The lowest BCUT2D eigenvalue weighted by atomic mass is 10.2. The van der Waals surface area contributed by atoms with Crippen molar-refractivity contribution in [1.82, 2.24) is 23.1 Å². The van der Waals surface area contributed by atoms with Crippen LogP contribution in [0.1, 0.15) is 11.3 Å². The fraction of sp³-hybridized carbons (Fsp3) is 0.222. The molecule has 0 fully saturated rings. The minimum atomic E-state index is -1.03. The van der Waals surface area contributed by atoms with Crippen LogP contribution in [0.15, 0.2) is 40.1 Å². The lowest BCUT2D eigenvalue weighted by Crippen LogP contribution is -2.39. The molecule has 0 saturated carbocycles. The third-order valence-corrected chi connectivity index (χ3v) is 5.09. The first kappa shape index (κ1) is 18.1. The Hall–Kier alpha value is -3.33. The summed E-state index contributed by atoms with van der Waals surface area (Å²) in [4.78, 5) is 41.5. The topological polar surface area (TPSA) is 104 Å². The van der Waals surface area contributed by atoms with E-state index in [2.05, 4.69) is 4.98 Å². The quantitative estimate of drug-likeness (QED) is 0.554. The largest absolute Gasteiger partial charge is 0.480 e. The van der Waals surface area contributed by atoms with Gasteiger partial charge in [-0.25, -0.2) is 4.79 Å². The first-order valence-corrected chi connectivity index (χ1v) is 8.80. The predicted octanol–water partition coefficient (Wildman–Crippen LogP) is 1.24. The van der Waals surface area contributed by atoms with E-state index in [0.717, 1.165) is 4.57 Å². The average Bonchev–Trinajstić information content (AvgIpc) is 3.14. The standard InChI is InChI=1S/C18H16ClN5O4/c1-10-7-23-14-15(20-17(23)22(10)9-13(25)26)21(2)18(28)24(16(14)27)8-11-5-3-4-6-12(11)19/h3-7H,8-9H2,1-2H3,(H,25,26). The van der Waals surface area contributed by atoms with Crippen molar-refractivity contribution in [3.05, 3.63) is 67.6 Å². The Bertz CT molecular complexity index is 1370. The summed E-state index contributed by atoms with van der Waals surface area (Å²) in [6, 6.07) is 6.99. The summed E-state index contributed by atoms with van der Waals surface area (Å²) < 4.78 is 5.38. The van der Waals surface area contributed by atoms with E-state index in [1.54, 1.807) is 37.4 Å². The van der Waals surface area contributed by atoms with Crippen LogP contribution in [-0.4, -0.2) is 34.2 Å². The van der Waals surface area contributed by atoms with Gasteiger partial charge in [0.25, 0.3) is 5.56 Å². The van der Waals surface area contributed by atoms with Crippen molar-refractivity contribution in [2.24, 2.45) is 7.05 Å². The van der Waals surface area contributed by atoms with Crippen LogP contribution in [0, 0.1) is 6.92 Å². The molecule has 4 rings (SSSR count). The molecule has 0 spiro atoms. The zero-order valence-electron chi connectivity index (χ0n) is 15.1. The summed E-state index contributed by atoms with van der Waals surface area (Å²) in [6.45, 7) is 1.45. The summed E-state index contributed by atoms with van der Waals surface area (Å²) in [6.07, 6.45) is 1.64. The molecular weight excluding hydrogens is 386 g/mol. The van der Waals surface area contributed by atoms with Gasteiger partial charge in [0, 0.05) is 24.0 Å². The van der Waals surface area contributed by atoms with Crippen LogP contribution in [0.3, 0.4) is 0 Å². The molecule has 10 heteroatoms. The zero-order chi connectivity index (χ0) is 20.2. The number of hydrogen-bond acceptors (Lipinski definition) is 4. The Morgan fingerprint density at radius 1 is 1.21 bits per heavy atom. The maximum Gasteiger partial charge on any atom is 0.332 e. The molecule has 0 atom stereocenters. The van der Waals surface area contributed by atoms with Gasteiger partial charge in [0.05, 0.1) is 6.54 Å². The van der Waals surface area contributed by atoms with Gasteiger partial charge >= 0.3 is 11.7 Å². The van der Waals surface area contributed by atoms with Crippen LogP contribution in [-0.2, 0) is 24.9 Å². The molecule has 0 amide bonds. The Morgan fingerprint density at radius 3 is 2.61 bits per heavy atom. The molecule has 0 saturated heterocycles. The van der Waals surface area contributed by atoms with Gasteiger partial charge in [-0.05, 0) is 18.6 Å². The van der Waals surface area contributed by atoms with Crippen molar-refractivity contribution < 1.29 is 9.90 Å². The number of carboxylic acids is 1. The van der Waals surface area contributed by atoms with Crippen LogP contribution >= 0.6 is 11.6 Å². The molecular formula is C18H16ClN5O4. The van der Waals surface area contributed by atoms with Gasteiger partial charge in [-0.3, -0.25) is 23.1 Å². The van der Waals surface area contributed by atoms with E-state index in [4.69, 9.17) is 16.7 Å². The molecule has 0 aliphatic carbocycles. The van der Waals surface area contributed by atoms with E-state index in [1.165, 1.54) is 20.6 Å². The Balaban J connectivity index is 2.02. The molecule has 0 aliphatic rings. The molecule has 4 aromatic rings. The molecule has 3 aromatic heterocycles. The van der Waals surface area contributed by atoms with Gasteiger partial charge in [0.1, 0.15) is 6.54 Å². The number of fused-ring (bicyclic) bond motifs is 3. The van der Waals surface area contributed by atoms with Gasteiger partial charge in [-0.2, -0.15) is 4.98 Å². The van der Waals surface area contributed by atoms with E-state index in [-0.39, 0.29) is 30.0 Å². The summed E-state index contributed by atoms with van der Waals surface area (Å²) in [5.41, 5.74) is 0.634. The number of imidazole rings is 2. The van der Waals surface area contributed by atoms with E-state index in [9.17, 15) is 14.4 Å². The molecule has 3 heterocycles. The molecule has 28 heavy (non-hydrogen) atoms. The van der Waals surface area contributed by atoms with Crippen LogP contribution in [0.2, 0.25) is 5.02 Å². The number of nitrogens with zero attached hydrogens (tertiary/aromatic N) is 5. The van der Waals surface area contributed by atoms with Crippen molar-refractivity contribution in [3.63, 3.8) is 0 Å². The Labute approximate surface area is 162 Å². The summed E-state index contributed by atoms with van der Waals surface area (Å²) in [5, 5.41) is 9.60. The van der Waals surface area contributed by atoms with E-state index in [1.807, 2.05) is 0 Å². The number of carboxylic acid groups (broad SMARTS) is 1. The van der Waals surface area contributed by atoms with Crippen molar-refractivity contribution in [2.45, 2.75) is 20.0 Å². The van der Waals surface area contributed by atoms with Crippen molar-refractivity contribution >= 4 is 34.5 Å². The number of aliphatic carboxylic acids is 1. The van der Waals surface area contributed by atoms with Crippen molar-refractivity contribution in [2.75, 3.05) is 0 Å². The smallest absolute Gasteiger partial charge is 0.332 e. The van der Waals surface area contributed by atoms with Gasteiger partial charge in [-0.1, -0.05) is 29.8 Å². The van der Waals surface area contributed by atoms with Gasteiger partial charge in [-0.15, -0.1) is 0 Å². The third-order valence-electron chi connectivity index (χ3n) is 4.72. The highest BCUT2D eigenvalue weighted by atomic mass is 35.5. The fourth-order valence-corrected chi connectivity index (χ4v) is 3.52. The number of halogens is 1. The zero-order valence-corrected chi connectivity index (χ0v) is 15.8. The van der Waals surface area contributed by atoms with Crippen LogP contribution < -0.4 is 11.2 Å². The minimum Gasteiger partial charge on any atom is -0.480 e. The number of hydrogen-bond donors (Lipinski definition) is 1. The minimum absolute atomic E-state index is 0.0170. The molecule has 0 aliphatic heterocycles. The molecule has 1 aromatic carbocycles. The fourth-order valence-electron chi connectivity index (χ4n) is 3.32. The molecule has 0 bridgehead atoms. The number of benzene rings is 1. The second-order valence-electron chi connectivity index (χ2n) is 6.53. The Morgan fingerprint density at radius 2 is 1.93 bits per heavy atom. The number of aromatic nitrogens is 5. The van der Waals surface area contributed by atoms with Crippen molar-refractivity contribution in [3.8, 4) is 0 Å². The van der Waals surface area contributed by atoms with Crippen LogP contribution in [0.25, 0.3) is 16.9 Å². The SMILES string of the molecule is Cc1cn2c3c(=O)n(Cc4ccccc4Cl)c(=O)n(C)c3nc2n1CC(=O)O. The molecule has 144 valence electrons. The van der Waals surface area contributed by atoms with Crippen molar-refractivity contribution in [1.29, 1.82) is 0 Å². The summed E-state index contributed by atoms with van der Waals surface area (Å²) in [5.74, 6) is -0.740. The van der Waals surface area contributed by atoms with E-state index in [0.29, 0.717) is 16.3 Å². The average molecular weight is 402 g/mol. The second-order valence-corrected chi connectivity index (χ2v) is 6.94. The van der Waals surface area contributed by atoms with E-state index < -0.39 is 17.2 Å². The molecule has 0 radical (unpaired) electrons. The summed E-state index contributed by atoms with van der Waals surface area (Å²) >= 11 is 6.18. The van der Waals surface area contributed by atoms with Crippen LogP contribution in [0.4, 0.5) is 0 Å². The normalized spacial score (nSPS) is 11.5. The van der Waals surface area contributed by atoms with Gasteiger partial charge < -0.3 is 9.67 Å². The number of rotatable bonds is 4. The predicted molar refractivity (Wildman–Crippen MR) is 103 cm³/mol. The Kier molecular flexibility index (Phi) is 4.11. The lowest BCUT2D eigenvalue weighted by Gasteiger charge is -2.09. The number of aryl methyl sites for hydroxylation is 2. The lowest BCUT2D eigenvalue weighted by molar-refractivity contribution is -0.137. The molecule has 0 unspecified atom stereocenters. The monoisotopic (exact) mass is 401 g/mol. The maximum absolute atomic E-state index is 13.2. The summed E-state index contributed by atoms with van der Waals surface area (Å²) in [7, 11) is 1.52. The third kappa shape index (κ3) is 2.63. The maximum atomic E-state index is 13.2. The van der Waals surface area contributed by atoms with Gasteiger partial charge in [0.15, 0.2) is 11.2 Å². The number of carbonyl (C=O) groups is 1. The second kappa shape index (κ2) is 6.38. The van der Waals surface area contributed by atoms with Gasteiger partial charge in [0.2, 0.25) is 5.78 Å². The molecule has 1 N–H and O–H groups in total. The highest BCUT2D eigenvalue weighted by Crippen LogP contribution is 2.18. The molecule has 9 nitrogen and oxygen atoms in total.